The van der Waals surface area contributed by atoms with Gasteiger partial charge in [0.1, 0.15) is 17.1 Å². The van der Waals surface area contributed by atoms with Crippen molar-refractivity contribution in [3.63, 3.8) is 0 Å². The zero-order valence-electron chi connectivity index (χ0n) is 19.6. The Bertz CT molecular complexity index is 1360. The predicted molar refractivity (Wildman–Crippen MR) is 130 cm³/mol. The number of ether oxygens (including phenoxy) is 1. The number of anilines is 1. The third-order valence-electron chi connectivity index (χ3n) is 6.45. The molecule has 1 aromatic carbocycles. The van der Waals surface area contributed by atoms with Crippen molar-refractivity contribution in [1.82, 2.24) is 24.8 Å². The van der Waals surface area contributed by atoms with Gasteiger partial charge in [-0.2, -0.15) is 0 Å². The summed E-state index contributed by atoms with van der Waals surface area (Å²) >= 11 is 0. The SMILES string of the molecule is COc1cnc(-c2c[nH]c(=O)cn2)c2c1C(C(=O)C(=O)N1CCN(C(=O)c3ccccc3)CC1)CN2. The van der Waals surface area contributed by atoms with Crippen LogP contribution in [0.5, 0.6) is 5.75 Å². The van der Waals surface area contributed by atoms with Crippen molar-refractivity contribution in [3.05, 3.63) is 70.4 Å². The number of nitrogens with zero attached hydrogens (tertiary/aromatic N) is 4. The van der Waals surface area contributed by atoms with E-state index in [1.807, 2.05) is 18.2 Å². The highest BCUT2D eigenvalue weighted by Gasteiger charge is 2.39. The second-order valence-electron chi connectivity index (χ2n) is 8.51. The fourth-order valence-corrected chi connectivity index (χ4v) is 4.57. The zero-order chi connectivity index (χ0) is 25.2. The number of methoxy groups -OCH3 is 1. The highest BCUT2D eigenvalue weighted by molar-refractivity contribution is 6.38. The summed E-state index contributed by atoms with van der Waals surface area (Å²) in [5.41, 5.74) is 2.18. The van der Waals surface area contributed by atoms with Crippen molar-refractivity contribution in [2.45, 2.75) is 5.92 Å². The van der Waals surface area contributed by atoms with Crippen LogP contribution in [0.25, 0.3) is 11.4 Å². The molecular formula is C25H24N6O5. The predicted octanol–water partition coefficient (Wildman–Crippen LogP) is 0.903. The van der Waals surface area contributed by atoms with Gasteiger partial charge in [-0.3, -0.25) is 19.2 Å². The average Bonchev–Trinajstić information content (AvgIpc) is 3.38. The van der Waals surface area contributed by atoms with E-state index < -0.39 is 17.6 Å². The lowest BCUT2D eigenvalue weighted by Gasteiger charge is -2.34. The number of fused-ring (bicyclic) bond motifs is 1. The van der Waals surface area contributed by atoms with Crippen LogP contribution in [-0.4, -0.2) is 82.2 Å². The number of amides is 2. The molecule has 0 bridgehead atoms. The Morgan fingerprint density at radius 2 is 1.72 bits per heavy atom. The first-order chi connectivity index (χ1) is 17.5. The molecule has 184 valence electrons. The number of pyridine rings is 1. The quantitative estimate of drug-likeness (QED) is 0.506. The Morgan fingerprint density at radius 3 is 2.39 bits per heavy atom. The highest BCUT2D eigenvalue weighted by Crippen LogP contribution is 2.43. The lowest BCUT2D eigenvalue weighted by molar-refractivity contribution is -0.146. The number of Topliss-reactive ketones (excluding diaryl/α,β-unsaturated/α-hetero) is 1. The molecule has 2 N–H and O–H groups in total. The van der Waals surface area contributed by atoms with Crippen LogP contribution in [0.2, 0.25) is 0 Å². The molecule has 4 heterocycles. The first kappa shape index (κ1) is 23.2. The van der Waals surface area contributed by atoms with E-state index >= 15 is 0 Å². The highest BCUT2D eigenvalue weighted by atomic mass is 16.5. The summed E-state index contributed by atoms with van der Waals surface area (Å²) in [6, 6.07) is 8.98. The van der Waals surface area contributed by atoms with E-state index in [4.69, 9.17) is 4.74 Å². The van der Waals surface area contributed by atoms with E-state index in [1.165, 1.54) is 24.4 Å². The molecule has 11 heteroatoms. The van der Waals surface area contributed by atoms with Gasteiger partial charge >= 0.3 is 0 Å². The largest absolute Gasteiger partial charge is 0.495 e. The van der Waals surface area contributed by atoms with E-state index in [2.05, 4.69) is 20.3 Å². The smallest absolute Gasteiger partial charge is 0.290 e. The Morgan fingerprint density at radius 1 is 1.00 bits per heavy atom. The molecule has 0 saturated carbocycles. The van der Waals surface area contributed by atoms with Crippen LogP contribution in [0.4, 0.5) is 5.69 Å². The van der Waals surface area contributed by atoms with E-state index in [0.29, 0.717) is 47.0 Å². The molecule has 2 aromatic heterocycles. The molecule has 1 unspecified atom stereocenters. The maximum atomic E-state index is 13.4. The number of nitrogens with one attached hydrogen (secondary N) is 2. The monoisotopic (exact) mass is 488 g/mol. The van der Waals surface area contributed by atoms with Gasteiger partial charge in [0, 0.05) is 50.0 Å². The summed E-state index contributed by atoms with van der Waals surface area (Å²) in [5.74, 6) is -1.63. The maximum Gasteiger partial charge on any atom is 0.290 e. The Hall–Kier alpha value is -4.54. The summed E-state index contributed by atoms with van der Waals surface area (Å²) < 4.78 is 5.45. The number of carbonyl (C=O) groups is 3. The molecule has 3 aromatic rings. The van der Waals surface area contributed by atoms with Crippen molar-refractivity contribution >= 4 is 23.3 Å². The minimum atomic E-state index is -0.768. The van der Waals surface area contributed by atoms with Crippen molar-refractivity contribution in [2.75, 3.05) is 45.2 Å². The molecular weight excluding hydrogens is 464 g/mol. The van der Waals surface area contributed by atoms with Crippen LogP contribution in [0.15, 0.2) is 53.7 Å². The number of aromatic amines is 1. The lowest BCUT2D eigenvalue weighted by atomic mass is 9.94. The summed E-state index contributed by atoms with van der Waals surface area (Å²) in [6.45, 7) is 1.44. The van der Waals surface area contributed by atoms with Gasteiger partial charge in [-0.25, -0.2) is 9.97 Å². The Labute approximate surface area is 206 Å². The van der Waals surface area contributed by atoms with Gasteiger partial charge < -0.3 is 24.8 Å². The van der Waals surface area contributed by atoms with Gasteiger partial charge in [-0.15, -0.1) is 0 Å². The third-order valence-corrected chi connectivity index (χ3v) is 6.45. The van der Waals surface area contributed by atoms with Gasteiger partial charge in [0.15, 0.2) is 0 Å². The number of benzene rings is 1. The molecule has 1 fully saturated rings. The van der Waals surface area contributed by atoms with Gasteiger partial charge in [0.05, 0.1) is 31.1 Å². The molecule has 1 saturated heterocycles. The Balaban J connectivity index is 1.33. The summed E-state index contributed by atoms with van der Waals surface area (Å²) in [4.78, 5) is 64.9. The van der Waals surface area contributed by atoms with E-state index in [0.717, 1.165) is 6.20 Å². The number of carbonyl (C=O) groups excluding carboxylic acids is 3. The van der Waals surface area contributed by atoms with Crippen LogP contribution in [0.3, 0.4) is 0 Å². The average molecular weight is 489 g/mol. The number of ketones is 1. The number of rotatable bonds is 5. The van der Waals surface area contributed by atoms with E-state index in [1.54, 1.807) is 17.0 Å². The molecule has 1 atom stereocenters. The van der Waals surface area contributed by atoms with E-state index in [9.17, 15) is 19.2 Å². The molecule has 2 aliphatic heterocycles. The molecule has 0 radical (unpaired) electrons. The normalized spacial score (nSPS) is 16.8. The first-order valence-electron chi connectivity index (χ1n) is 11.5. The van der Waals surface area contributed by atoms with Crippen LogP contribution in [0.1, 0.15) is 21.8 Å². The standard InChI is InChI=1S/C25H24N6O5/c1-36-18-13-29-21(17-12-27-19(32)14-26-17)22-20(18)16(11-28-22)23(33)25(35)31-9-7-30(8-10-31)24(34)15-5-3-2-4-6-15/h2-6,12-14,16,28H,7-11H2,1H3,(H,27,32). The van der Waals surface area contributed by atoms with Crippen molar-refractivity contribution < 1.29 is 19.1 Å². The van der Waals surface area contributed by atoms with Crippen LogP contribution >= 0.6 is 0 Å². The molecule has 11 nitrogen and oxygen atoms in total. The van der Waals surface area contributed by atoms with Gasteiger partial charge in [0.2, 0.25) is 5.78 Å². The number of hydrogen-bond donors (Lipinski definition) is 2. The maximum absolute atomic E-state index is 13.4. The molecule has 36 heavy (non-hydrogen) atoms. The second kappa shape index (κ2) is 9.61. The Kier molecular flexibility index (Phi) is 6.19. The first-order valence-corrected chi connectivity index (χ1v) is 11.5. The summed E-state index contributed by atoms with van der Waals surface area (Å²) in [5, 5.41) is 3.17. The molecule has 0 aliphatic carbocycles. The van der Waals surface area contributed by atoms with Crippen molar-refractivity contribution in [2.24, 2.45) is 0 Å². The fourth-order valence-electron chi connectivity index (χ4n) is 4.57. The van der Waals surface area contributed by atoms with Crippen molar-refractivity contribution in [1.29, 1.82) is 0 Å². The van der Waals surface area contributed by atoms with Gasteiger partial charge in [0.25, 0.3) is 17.4 Å². The minimum absolute atomic E-state index is 0.0939. The van der Waals surface area contributed by atoms with Gasteiger partial charge in [-0.05, 0) is 12.1 Å². The fraction of sp³-hybridized carbons (Fsp3) is 0.280. The number of aromatic nitrogens is 3. The van der Waals surface area contributed by atoms with E-state index in [-0.39, 0.29) is 31.1 Å². The number of hydrogen-bond acceptors (Lipinski definition) is 8. The molecule has 5 rings (SSSR count). The van der Waals surface area contributed by atoms with Crippen LogP contribution < -0.4 is 15.6 Å². The topological polar surface area (TPSA) is 138 Å². The van der Waals surface area contributed by atoms with Crippen LogP contribution in [-0.2, 0) is 9.59 Å². The third kappa shape index (κ3) is 4.19. The van der Waals surface area contributed by atoms with Gasteiger partial charge in [-0.1, -0.05) is 18.2 Å². The summed E-state index contributed by atoms with van der Waals surface area (Å²) in [7, 11) is 1.47. The minimum Gasteiger partial charge on any atom is -0.495 e. The second-order valence-corrected chi connectivity index (χ2v) is 8.51. The number of H-pyrrole nitrogens is 1. The molecule has 2 aliphatic rings. The lowest BCUT2D eigenvalue weighted by Crippen LogP contribution is -2.52. The van der Waals surface area contributed by atoms with Crippen LogP contribution in [0, 0.1) is 0 Å². The van der Waals surface area contributed by atoms with Crippen molar-refractivity contribution in [3.8, 4) is 17.1 Å². The zero-order valence-corrected chi connectivity index (χ0v) is 19.6. The number of piperazine rings is 1. The molecule has 2 amide bonds. The molecule has 0 spiro atoms. The summed E-state index contributed by atoms with van der Waals surface area (Å²) in [6.07, 6.45) is 4.07.